The van der Waals surface area contributed by atoms with Crippen LogP contribution in [0.5, 0.6) is 0 Å². The lowest BCUT2D eigenvalue weighted by Gasteiger charge is -1.88. The van der Waals surface area contributed by atoms with Crippen LogP contribution in [0, 0.1) is 0 Å². The molecule has 0 aliphatic rings. The first-order valence-corrected chi connectivity index (χ1v) is 3.77. The lowest BCUT2D eigenvalue weighted by atomic mass is 10.2. The minimum Gasteiger partial charge on any atom is -0.481 e. The van der Waals surface area contributed by atoms with Gasteiger partial charge in [0.2, 0.25) is 0 Å². The van der Waals surface area contributed by atoms with Crippen molar-refractivity contribution >= 4 is 5.97 Å². The normalized spacial score (nSPS) is 11.4. The quantitative estimate of drug-likeness (QED) is 0.487. The van der Waals surface area contributed by atoms with Crippen LogP contribution in [0.25, 0.3) is 0 Å². The fraction of sp³-hybridized carbons (Fsp3) is 0.444. The van der Waals surface area contributed by atoms with E-state index >= 15 is 0 Å². The highest BCUT2D eigenvalue weighted by Crippen LogP contribution is 1.96. The zero-order valence-corrected chi connectivity index (χ0v) is 6.79. The van der Waals surface area contributed by atoms with E-state index in [1.54, 1.807) is 0 Å². The first-order chi connectivity index (χ1) is 5.27. The van der Waals surface area contributed by atoms with Gasteiger partial charge in [-0.1, -0.05) is 24.3 Å². The third kappa shape index (κ3) is 8.95. The van der Waals surface area contributed by atoms with Gasteiger partial charge in [0, 0.05) is 6.42 Å². The average molecular weight is 154 g/mol. The first-order valence-electron chi connectivity index (χ1n) is 3.77. The van der Waals surface area contributed by atoms with Crippen molar-refractivity contribution < 1.29 is 9.90 Å². The Morgan fingerprint density at radius 3 is 2.73 bits per heavy atom. The van der Waals surface area contributed by atoms with Crippen molar-refractivity contribution in [1.82, 2.24) is 0 Å². The molecule has 0 spiro atoms. The Morgan fingerprint density at radius 1 is 1.45 bits per heavy atom. The predicted molar refractivity (Wildman–Crippen MR) is 45.4 cm³/mol. The Balaban J connectivity index is 3.20. The summed E-state index contributed by atoms with van der Waals surface area (Å²) in [6.07, 6.45) is 9.61. The summed E-state index contributed by atoms with van der Waals surface area (Å²) in [4.78, 5) is 10.1. The maximum Gasteiger partial charge on any atom is 0.303 e. The van der Waals surface area contributed by atoms with Crippen molar-refractivity contribution in [2.75, 3.05) is 0 Å². The van der Waals surface area contributed by atoms with Gasteiger partial charge in [-0.3, -0.25) is 4.79 Å². The highest BCUT2D eigenvalue weighted by atomic mass is 16.4. The van der Waals surface area contributed by atoms with Gasteiger partial charge in [-0.15, -0.1) is 0 Å². The molecule has 0 aromatic heterocycles. The van der Waals surface area contributed by atoms with Crippen LogP contribution in [-0.2, 0) is 4.79 Å². The molecular weight excluding hydrogens is 140 g/mol. The number of hydrogen-bond donors (Lipinski definition) is 1. The van der Waals surface area contributed by atoms with E-state index in [4.69, 9.17) is 5.11 Å². The molecule has 2 heteroatoms. The van der Waals surface area contributed by atoms with Crippen molar-refractivity contribution in [3.8, 4) is 0 Å². The first kappa shape index (κ1) is 9.95. The molecule has 0 saturated heterocycles. The molecule has 0 aromatic carbocycles. The lowest BCUT2D eigenvalue weighted by molar-refractivity contribution is -0.137. The Hall–Kier alpha value is -1.05. The van der Waals surface area contributed by atoms with Crippen LogP contribution in [0.4, 0.5) is 0 Å². The fourth-order valence-electron chi connectivity index (χ4n) is 0.657. The second kappa shape index (κ2) is 7.06. The summed E-state index contributed by atoms with van der Waals surface area (Å²) in [5.41, 5.74) is 0. The lowest BCUT2D eigenvalue weighted by Crippen LogP contribution is -1.92. The maximum absolute atomic E-state index is 10.1. The van der Waals surface area contributed by atoms with Crippen LogP contribution >= 0.6 is 0 Å². The molecule has 2 nitrogen and oxygen atoms in total. The molecule has 62 valence electrons. The Morgan fingerprint density at radius 2 is 2.18 bits per heavy atom. The number of rotatable bonds is 5. The van der Waals surface area contributed by atoms with E-state index in [0.717, 1.165) is 12.8 Å². The minimum atomic E-state index is -0.718. The van der Waals surface area contributed by atoms with E-state index in [9.17, 15) is 4.79 Å². The van der Waals surface area contributed by atoms with E-state index in [0.29, 0.717) is 0 Å². The van der Waals surface area contributed by atoms with Crippen LogP contribution in [0.15, 0.2) is 24.3 Å². The number of carboxylic acids is 1. The smallest absolute Gasteiger partial charge is 0.303 e. The van der Waals surface area contributed by atoms with Gasteiger partial charge in [-0.05, 0) is 19.8 Å². The highest BCUT2D eigenvalue weighted by molar-refractivity contribution is 5.66. The summed E-state index contributed by atoms with van der Waals surface area (Å²) >= 11 is 0. The molecule has 0 aliphatic heterocycles. The molecule has 0 unspecified atom stereocenters. The zero-order chi connectivity index (χ0) is 8.53. The second-order valence-electron chi connectivity index (χ2n) is 2.24. The molecule has 0 aromatic rings. The topological polar surface area (TPSA) is 37.3 Å². The van der Waals surface area contributed by atoms with Crippen LogP contribution in [-0.4, -0.2) is 11.1 Å². The van der Waals surface area contributed by atoms with E-state index in [-0.39, 0.29) is 6.42 Å². The number of carboxylic acid groups (broad SMARTS) is 1. The van der Waals surface area contributed by atoms with Gasteiger partial charge in [-0.2, -0.15) is 0 Å². The van der Waals surface area contributed by atoms with Crippen molar-refractivity contribution in [2.45, 2.75) is 26.2 Å². The molecular formula is C9H14O2. The summed E-state index contributed by atoms with van der Waals surface area (Å²) in [6.45, 7) is 1.95. The number of hydrogen-bond acceptors (Lipinski definition) is 1. The van der Waals surface area contributed by atoms with Crippen LogP contribution in [0.3, 0.4) is 0 Å². The molecule has 0 radical (unpaired) electrons. The molecule has 0 rings (SSSR count). The molecule has 0 fully saturated rings. The Bertz CT molecular complexity index is 157. The van der Waals surface area contributed by atoms with Gasteiger partial charge in [0.25, 0.3) is 0 Å². The summed E-state index contributed by atoms with van der Waals surface area (Å²) in [6, 6.07) is 0. The molecule has 0 bridgehead atoms. The SMILES string of the molecule is CC=CC=CCCCC(=O)O. The van der Waals surface area contributed by atoms with E-state index in [2.05, 4.69) is 0 Å². The van der Waals surface area contributed by atoms with Gasteiger partial charge in [0.05, 0.1) is 0 Å². The van der Waals surface area contributed by atoms with E-state index in [1.807, 2.05) is 31.2 Å². The Labute approximate surface area is 67.2 Å². The summed E-state index contributed by atoms with van der Waals surface area (Å²) in [5, 5.41) is 8.28. The van der Waals surface area contributed by atoms with E-state index < -0.39 is 5.97 Å². The number of unbranched alkanes of at least 4 members (excludes halogenated alkanes) is 1. The average Bonchev–Trinajstić information content (AvgIpc) is 1.96. The summed E-state index contributed by atoms with van der Waals surface area (Å²) in [5.74, 6) is -0.718. The minimum absolute atomic E-state index is 0.264. The molecule has 0 atom stereocenters. The standard InChI is InChI=1S/C9H14O2/c1-2-3-4-5-6-7-8-9(10)11/h2-5H,6-8H2,1H3,(H,10,11). The second-order valence-corrected chi connectivity index (χ2v) is 2.24. The van der Waals surface area contributed by atoms with Gasteiger partial charge in [-0.25, -0.2) is 0 Å². The largest absolute Gasteiger partial charge is 0.481 e. The fourth-order valence-corrected chi connectivity index (χ4v) is 0.657. The summed E-state index contributed by atoms with van der Waals surface area (Å²) in [7, 11) is 0. The number of allylic oxidation sites excluding steroid dienone is 4. The molecule has 0 saturated carbocycles. The highest BCUT2D eigenvalue weighted by Gasteiger charge is 1.92. The van der Waals surface area contributed by atoms with Crippen LogP contribution < -0.4 is 0 Å². The monoisotopic (exact) mass is 154 g/mol. The molecule has 0 amide bonds. The van der Waals surface area contributed by atoms with Crippen LogP contribution in [0.1, 0.15) is 26.2 Å². The van der Waals surface area contributed by atoms with E-state index in [1.165, 1.54) is 0 Å². The van der Waals surface area contributed by atoms with Gasteiger partial charge >= 0.3 is 5.97 Å². The molecule has 0 heterocycles. The maximum atomic E-state index is 10.1. The zero-order valence-electron chi connectivity index (χ0n) is 6.79. The molecule has 1 N–H and O–H groups in total. The van der Waals surface area contributed by atoms with Gasteiger partial charge < -0.3 is 5.11 Å². The third-order valence-corrected chi connectivity index (χ3v) is 1.20. The summed E-state index contributed by atoms with van der Waals surface area (Å²) < 4.78 is 0. The Kier molecular flexibility index (Phi) is 6.39. The molecule has 11 heavy (non-hydrogen) atoms. The molecule has 0 aliphatic carbocycles. The van der Waals surface area contributed by atoms with Gasteiger partial charge in [0.15, 0.2) is 0 Å². The van der Waals surface area contributed by atoms with Crippen molar-refractivity contribution in [1.29, 1.82) is 0 Å². The van der Waals surface area contributed by atoms with Gasteiger partial charge in [0.1, 0.15) is 0 Å². The van der Waals surface area contributed by atoms with Crippen molar-refractivity contribution in [2.24, 2.45) is 0 Å². The third-order valence-electron chi connectivity index (χ3n) is 1.20. The van der Waals surface area contributed by atoms with Crippen LogP contribution in [0.2, 0.25) is 0 Å². The number of carbonyl (C=O) groups is 1. The van der Waals surface area contributed by atoms with Crippen molar-refractivity contribution in [3.63, 3.8) is 0 Å². The van der Waals surface area contributed by atoms with Crippen molar-refractivity contribution in [3.05, 3.63) is 24.3 Å². The predicted octanol–water partition coefficient (Wildman–Crippen LogP) is 2.37. The number of aliphatic carboxylic acids is 1.